The molecule has 3 atom stereocenters. The van der Waals surface area contributed by atoms with Crippen molar-refractivity contribution in [1.29, 1.82) is 0 Å². The van der Waals surface area contributed by atoms with Crippen molar-refractivity contribution >= 4 is 17.8 Å². The van der Waals surface area contributed by atoms with Gasteiger partial charge in [-0.3, -0.25) is 14.5 Å². The summed E-state index contributed by atoms with van der Waals surface area (Å²) in [4.78, 5) is 34.5. The van der Waals surface area contributed by atoms with Crippen molar-refractivity contribution in [2.45, 2.75) is 19.9 Å². The number of aliphatic hydroxyl groups is 1. The molecular formula is C9H13NO5. The van der Waals surface area contributed by atoms with Crippen LogP contribution in [0.5, 0.6) is 0 Å². The number of imide groups is 1. The average Bonchev–Trinajstić information content (AvgIpc) is 2.36. The molecule has 0 aromatic heterocycles. The van der Waals surface area contributed by atoms with Crippen LogP contribution in [-0.4, -0.2) is 45.5 Å². The highest BCUT2D eigenvalue weighted by atomic mass is 16.4. The Morgan fingerprint density at radius 3 is 2.00 bits per heavy atom. The first kappa shape index (κ1) is 11.6. The number of hydrogen-bond donors (Lipinski definition) is 2. The predicted octanol–water partition coefficient (Wildman–Crippen LogP) is -0.927. The van der Waals surface area contributed by atoms with E-state index in [-0.39, 0.29) is 0 Å². The smallest absolute Gasteiger partial charge is 0.329 e. The van der Waals surface area contributed by atoms with Crippen LogP contribution >= 0.6 is 0 Å². The van der Waals surface area contributed by atoms with E-state index in [9.17, 15) is 14.4 Å². The quantitative estimate of drug-likeness (QED) is 0.593. The van der Waals surface area contributed by atoms with Crippen molar-refractivity contribution in [2.75, 3.05) is 6.61 Å². The van der Waals surface area contributed by atoms with Crippen LogP contribution in [0.1, 0.15) is 13.8 Å². The Kier molecular flexibility index (Phi) is 3.09. The van der Waals surface area contributed by atoms with E-state index in [1.807, 2.05) is 0 Å². The van der Waals surface area contributed by atoms with Gasteiger partial charge < -0.3 is 10.2 Å². The molecule has 1 saturated heterocycles. The highest BCUT2D eigenvalue weighted by Gasteiger charge is 2.47. The van der Waals surface area contributed by atoms with Crippen molar-refractivity contribution in [3.05, 3.63) is 0 Å². The molecule has 15 heavy (non-hydrogen) atoms. The van der Waals surface area contributed by atoms with Gasteiger partial charge in [0, 0.05) is 11.8 Å². The third kappa shape index (κ3) is 1.72. The minimum atomic E-state index is -1.46. The zero-order chi connectivity index (χ0) is 11.7. The fourth-order valence-corrected chi connectivity index (χ4v) is 1.55. The molecule has 0 aromatic rings. The van der Waals surface area contributed by atoms with E-state index in [4.69, 9.17) is 10.2 Å². The highest BCUT2D eigenvalue weighted by Crippen LogP contribution is 2.27. The Bertz CT molecular complexity index is 294. The summed E-state index contributed by atoms with van der Waals surface area (Å²) in [6.45, 7) is 2.38. The Labute approximate surface area is 86.5 Å². The zero-order valence-corrected chi connectivity index (χ0v) is 8.51. The first-order chi connectivity index (χ1) is 6.91. The molecule has 1 heterocycles. The van der Waals surface area contributed by atoms with Crippen LogP contribution in [-0.2, 0) is 14.4 Å². The Morgan fingerprint density at radius 1 is 1.33 bits per heavy atom. The number of carboxylic acids is 1. The number of hydrogen-bond acceptors (Lipinski definition) is 4. The summed E-state index contributed by atoms with van der Waals surface area (Å²) in [6.07, 6.45) is 0. The van der Waals surface area contributed by atoms with Gasteiger partial charge in [-0.25, -0.2) is 4.79 Å². The molecule has 1 aliphatic rings. The van der Waals surface area contributed by atoms with E-state index in [1.165, 1.54) is 0 Å². The van der Waals surface area contributed by atoms with E-state index >= 15 is 0 Å². The molecule has 1 rings (SSSR count). The number of carbonyl (C=O) groups excluding carboxylic acids is 2. The number of rotatable bonds is 3. The second-order valence-corrected chi connectivity index (χ2v) is 3.66. The molecule has 1 fully saturated rings. The Morgan fingerprint density at radius 2 is 1.73 bits per heavy atom. The molecule has 6 nitrogen and oxygen atoms in total. The molecule has 2 N–H and O–H groups in total. The maximum absolute atomic E-state index is 11.6. The lowest BCUT2D eigenvalue weighted by Gasteiger charge is -2.20. The van der Waals surface area contributed by atoms with Crippen LogP contribution < -0.4 is 0 Å². The van der Waals surface area contributed by atoms with Crippen molar-refractivity contribution in [2.24, 2.45) is 11.8 Å². The van der Waals surface area contributed by atoms with Crippen molar-refractivity contribution < 1.29 is 24.6 Å². The lowest BCUT2D eigenvalue weighted by Crippen LogP contribution is -2.47. The maximum Gasteiger partial charge on any atom is 0.329 e. The lowest BCUT2D eigenvalue weighted by atomic mass is 10.00. The number of amides is 2. The second-order valence-electron chi connectivity index (χ2n) is 3.66. The summed E-state index contributed by atoms with van der Waals surface area (Å²) in [5.74, 6) is -3.49. The summed E-state index contributed by atoms with van der Waals surface area (Å²) in [5.41, 5.74) is 0. The number of aliphatic hydroxyl groups excluding tert-OH is 1. The average molecular weight is 215 g/mol. The predicted molar refractivity (Wildman–Crippen MR) is 48.7 cm³/mol. The van der Waals surface area contributed by atoms with E-state index in [0.717, 1.165) is 0 Å². The summed E-state index contributed by atoms with van der Waals surface area (Å²) in [5, 5.41) is 17.6. The first-order valence-corrected chi connectivity index (χ1v) is 4.62. The molecule has 0 bridgehead atoms. The van der Waals surface area contributed by atoms with Crippen molar-refractivity contribution in [3.8, 4) is 0 Å². The van der Waals surface area contributed by atoms with E-state index < -0.39 is 42.3 Å². The zero-order valence-electron chi connectivity index (χ0n) is 8.51. The summed E-state index contributed by atoms with van der Waals surface area (Å²) in [7, 11) is 0. The van der Waals surface area contributed by atoms with Crippen LogP contribution in [0.4, 0.5) is 0 Å². The second kappa shape index (κ2) is 3.98. The Hall–Kier alpha value is -1.43. The number of aliphatic carboxylic acids is 1. The van der Waals surface area contributed by atoms with Crippen LogP contribution in [0, 0.1) is 11.8 Å². The van der Waals surface area contributed by atoms with Crippen molar-refractivity contribution in [3.63, 3.8) is 0 Å². The van der Waals surface area contributed by atoms with Gasteiger partial charge in [0.2, 0.25) is 11.8 Å². The number of carboxylic acid groups (broad SMARTS) is 1. The molecule has 6 heteroatoms. The van der Waals surface area contributed by atoms with E-state index in [0.29, 0.717) is 4.90 Å². The molecule has 3 unspecified atom stereocenters. The molecule has 2 amide bonds. The van der Waals surface area contributed by atoms with Gasteiger partial charge in [0.1, 0.15) is 0 Å². The minimum absolute atomic E-state index is 0.522. The molecule has 0 aliphatic carbocycles. The van der Waals surface area contributed by atoms with Gasteiger partial charge in [0.05, 0.1) is 6.61 Å². The largest absolute Gasteiger partial charge is 0.480 e. The van der Waals surface area contributed by atoms with Gasteiger partial charge in [0.15, 0.2) is 6.04 Å². The molecule has 1 aliphatic heterocycles. The molecular weight excluding hydrogens is 202 g/mol. The maximum atomic E-state index is 11.6. The number of nitrogens with zero attached hydrogens (tertiary/aromatic N) is 1. The van der Waals surface area contributed by atoms with Gasteiger partial charge >= 0.3 is 5.97 Å². The SMILES string of the molecule is CC1C(=O)N(C(CO)C(=O)O)C(=O)C1C. The standard InChI is InChI=1S/C9H13NO5/c1-4-5(2)8(13)10(7(4)12)6(3-11)9(14)15/h4-6,11H,3H2,1-2H3,(H,14,15). The summed E-state index contributed by atoms with van der Waals surface area (Å²) < 4.78 is 0. The van der Waals surface area contributed by atoms with Gasteiger partial charge in [-0.15, -0.1) is 0 Å². The summed E-state index contributed by atoms with van der Waals surface area (Å²) in [6, 6.07) is -1.46. The number of likely N-dealkylation sites (tertiary alicyclic amines) is 1. The van der Waals surface area contributed by atoms with Crippen LogP contribution in [0.25, 0.3) is 0 Å². The van der Waals surface area contributed by atoms with Gasteiger partial charge in [0.25, 0.3) is 0 Å². The van der Waals surface area contributed by atoms with Crippen LogP contribution in [0.2, 0.25) is 0 Å². The topological polar surface area (TPSA) is 94.9 Å². The van der Waals surface area contributed by atoms with Crippen LogP contribution in [0.3, 0.4) is 0 Å². The monoisotopic (exact) mass is 215 g/mol. The molecule has 0 spiro atoms. The molecule has 84 valence electrons. The van der Waals surface area contributed by atoms with E-state index in [2.05, 4.69) is 0 Å². The third-order valence-corrected chi connectivity index (χ3v) is 2.77. The molecule has 0 aromatic carbocycles. The third-order valence-electron chi connectivity index (χ3n) is 2.77. The first-order valence-electron chi connectivity index (χ1n) is 4.62. The highest BCUT2D eigenvalue weighted by molar-refractivity contribution is 6.07. The van der Waals surface area contributed by atoms with Crippen molar-refractivity contribution in [1.82, 2.24) is 4.90 Å². The van der Waals surface area contributed by atoms with Gasteiger partial charge in [-0.05, 0) is 0 Å². The van der Waals surface area contributed by atoms with Gasteiger partial charge in [-0.2, -0.15) is 0 Å². The van der Waals surface area contributed by atoms with Crippen LogP contribution in [0.15, 0.2) is 0 Å². The normalized spacial score (nSPS) is 28.3. The fraction of sp³-hybridized carbons (Fsp3) is 0.667. The number of carbonyl (C=O) groups is 3. The van der Waals surface area contributed by atoms with Gasteiger partial charge in [-0.1, -0.05) is 13.8 Å². The summed E-state index contributed by atoms with van der Waals surface area (Å²) >= 11 is 0. The Balaban J connectivity index is 3.00. The fourth-order valence-electron chi connectivity index (χ4n) is 1.55. The molecule has 0 radical (unpaired) electrons. The molecule has 0 saturated carbocycles. The lowest BCUT2D eigenvalue weighted by molar-refractivity contribution is -0.156. The minimum Gasteiger partial charge on any atom is -0.480 e. The van der Waals surface area contributed by atoms with E-state index in [1.54, 1.807) is 13.8 Å².